The number of aromatic nitrogens is 3. The van der Waals surface area contributed by atoms with Gasteiger partial charge in [-0.2, -0.15) is 5.10 Å². The quantitative estimate of drug-likeness (QED) is 0.732. The van der Waals surface area contributed by atoms with Crippen LogP contribution in [0.4, 0.5) is 16.3 Å². The largest absolute Gasteiger partial charge is 0.349 e. The van der Waals surface area contributed by atoms with Crippen molar-refractivity contribution in [3.05, 3.63) is 53.2 Å². The Hall–Kier alpha value is -2.73. The third-order valence-corrected chi connectivity index (χ3v) is 4.92. The first kappa shape index (κ1) is 16.7. The number of nitrogens with one attached hydrogen (secondary N) is 1. The second kappa shape index (κ2) is 6.53. The van der Waals surface area contributed by atoms with Crippen molar-refractivity contribution < 1.29 is 4.79 Å². The highest BCUT2D eigenvalue weighted by molar-refractivity contribution is 6.33. The molecule has 134 valence electrons. The average molecular weight is 370 g/mol. The molecule has 1 aromatic carbocycles. The Kier molecular flexibility index (Phi) is 4.20. The van der Waals surface area contributed by atoms with Gasteiger partial charge in [-0.3, -0.25) is 4.90 Å². The van der Waals surface area contributed by atoms with Crippen molar-refractivity contribution in [2.24, 2.45) is 7.05 Å². The van der Waals surface area contributed by atoms with Gasteiger partial charge in [0, 0.05) is 32.4 Å². The topological polar surface area (TPSA) is 55.1 Å². The predicted octanol–water partition coefficient (Wildman–Crippen LogP) is 4.29. The Morgan fingerprint density at radius 2 is 2.08 bits per heavy atom. The van der Waals surface area contributed by atoms with Gasteiger partial charge in [0.15, 0.2) is 0 Å². The third-order valence-electron chi connectivity index (χ3n) is 4.60. The number of hydrogen-bond donors (Lipinski definition) is 1. The summed E-state index contributed by atoms with van der Waals surface area (Å²) in [6.07, 6.45) is 2.84. The lowest BCUT2D eigenvalue weighted by molar-refractivity contribution is 0.255. The van der Waals surface area contributed by atoms with Crippen molar-refractivity contribution in [3.63, 3.8) is 0 Å². The fourth-order valence-electron chi connectivity index (χ4n) is 3.24. The number of halogens is 1. The van der Waals surface area contributed by atoms with Gasteiger partial charge in [0.25, 0.3) is 0 Å². The van der Waals surface area contributed by atoms with Crippen molar-refractivity contribution in [1.29, 1.82) is 0 Å². The van der Waals surface area contributed by atoms with Gasteiger partial charge >= 0.3 is 6.03 Å². The zero-order valence-electron chi connectivity index (χ0n) is 14.7. The van der Waals surface area contributed by atoms with Crippen molar-refractivity contribution in [2.75, 3.05) is 16.8 Å². The molecule has 0 saturated carbocycles. The first-order valence-corrected chi connectivity index (χ1v) is 8.95. The molecule has 1 aliphatic rings. The summed E-state index contributed by atoms with van der Waals surface area (Å²) >= 11 is 6.25. The van der Waals surface area contributed by atoms with Crippen molar-refractivity contribution >= 4 is 29.1 Å². The number of carbonyl (C=O) groups is 1. The Balaban J connectivity index is 1.62. The summed E-state index contributed by atoms with van der Waals surface area (Å²) in [6, 6.07) is 11.4. The van der Waals surface area contributed by atoms with Crippen LogP contribution in [0, 0.1) is 6.92 Å². The van der Waals surface area contributed by atoms with Crippen LogP contribution < -0.4 is 10.2 Å². The number of urea groups is 1. The Bertz CT molecular complexity index is 974. The molecule has 2 amide bonds. The monoisotopic (exact) mass is 369 g/mol. The molecule has 0 fully saturated rings. The van der Waals surface area contributed by atoms with Gasteiger partial charge in [-0.05, 0) is 43.2 Å². The molecule has 1 aliphatic heterocycles. The number of aryl methyl sites for hydroxylation is 3. The lowest BCUT2D eigenvalue weighted by Crippen LogP contribution is -2.40. The lowest BCUT2D eigenvalue weighted by Gasteiger charge is -2.27. The van der Waals surface area contributed by atoms with Gasteiger partial charge in [-0.25, -0.2) is 9.48 Å². The highest BCUT2D eigenvalue weighted by Gasteiger charge is 2.26. The van der Waals surface area contributed by atoms with E-state index in [1.807, 2.05) is 65.8 Å². The first-order valence-electron chi connectivity index (χ1n) is 8.57. The van der Waals surface area contributed by atoms with Crippen molar-refractivity contribution in [1.82, 2.24) is 14.3 Å². The highest BCUT2D eigenvalue weighted by Crippen LogP contribution is 2.29. The number of fused-ring (bicyclic) bond motifs is 1. The molecule has 0 unspecified atom stereocenters. The SMILES string of the molecule is Cc1ccc(NC(=O)N2CCCn3nc(-c4cccn4C)cc32)c(Cl)c1. The average Bonchev–Trinajstić information content (AvgIpc) is 3.22. The maximum absolute atomic E-state index is 12.8. The summed E-state index contributed by atoms with van der Waals surface area (Å²) in [5.41, 5.74) is 3.55. The van der Waals surface area contributed by atoms with E-state index in [9.17, 15) is 4.79 Å². The number of benzene rings is 1. The maximum Gasteiger partial charge on any atom is 0.327 e. The number of nitrogens with zero attached hydrogens (tertiary/aromatic N) is 4. The smallest absolute Gasteiger partial charge is 0.327 e. The normalized spacial score (nSPS) is 13.6. The van der Waals surface area contributed by atoms with E-state index in [1.165, 1.54) is 0 Å². The molecule has 0 spiro atoms. The highest BCUT2D eigenvalue weighted by atomic mass is 35.5. The van der Waals surface area contributed by atoms with Crippen molar-refractivity contribution in [2.45, 2.75) is 19.9 Å². The molecule has 3 heterocycles. The van der Waals surface area contributed by atoms with E-state index in [2.05, 4.69) is 10.4 Å². The molecule has 0 atom stereocenters. The van der Waals surface area contributed by atoms with Crippen LogP contribution in [0.1, 0.15) is 12.0 Å². The first-order chi connectivity index (χ1) is 12.5. The molecular weight excluding hydrogens is 350 g/mol. The van der Waals surface area contributed by atoms with Crippen LogP contribution >= 0.6 is 11.6 Å². The summed E-state index contributed by atoms with van der Waals surface area (Å²) in [4.78, 5) is 14.6. The van der Waals surface area contributed by atoms with E-state index < -0.39 is 0 Å². The van der Waals surface area contributed by atoms with Crippen LogP contribution in [0.25, 0.3) is 11.4 Å². The number of carbonyl (C=O) groups excluding carboxylic acids is 1. The van der Waals surface area contributed by atoms with E-state index in [1.54, 1.807) is 4.90 Å². The zero-order valence-corrected chi connectivity index (χ0v) is 15.5. The van der Waals surface area contributed by atoms with E-state index >= 15 is 0 Å². The molecule has 2 aromatic heterocycles. The summed E-state index contributed by atoms with van der Waals surface area (Å²) in [5.74, 6) is 0.799. The molecule has 26 heavy (non-hydrogen) atoms. The minimum absolute atomic E-state index is 0.199. The molecule has 0 bridgehead atoms. The standard InChI is InChI=1S/C19H20ClN5O/c1-13-6-7-15(14(20)11-13)21-19(26)24-9-4-10-25-18(24)12-16(22-25)17-5-3-8-23(17)2/h3,5-8,11-12H,4,9-10H2,1-2H3,(H,21,26). The predicted molar refractivity (Wildman–Crippen MR) is 104 cm³/mol. The molecule has 1 N–H and O–H groups in total. The molecule has 6 nitrogen and oxygen atoms in total. The van der Waals surface area contributed by atoms with Crippen LogP contribution in [0.15, 0.2) is 42.6 Å². The molecule has 7 heteroatoms. The van der Waals surface area contributed by atoms with Gasteiger partial charge in [0.2, 0.25) is 0 Å². The van der Waals surface area contributed by atoms with Crippen LogP contribution in [-0.4, -0.2) is 26.9 Å². The fourth-order valence-corrected chi connectivity index (χ4v) is 3.53. The van der Waals surface area contributed by atoms with Gasteiger partial charge in [0.05, 0.1) is 16.4 Å². The van der Waals surface area contributed by atoms with Crippen molar-refractivity contribution in [3.8, 4) is 11.4 Å². The van der Waals surface area contributed by atoms with Gasteiger partial charge in [-0.15, -0.1) is 0 Å². The maximum atomic E-state index is 12.8. The minimum Gasteiger partial charge on any atom is -0.349 e. The summed E-state index contributed by atoms with van der Waals surface area (Å²) in [5, 5.41) is 8.12. The van der Waals surface area contributed by atoms with Crippen LogP contribution in [0.3, 0.4) is 0 Å². The lowest BCUT2D eigenvalue weighted by atomic mass is 10.2. The second-order valence-electron chi connectivity index (χ2n) is 6.53. The van der Waals surface area contributed by atoms with Gasteiger partial charge in [-0.1, -0.05) is 17.7 Å². The summed E-state index contributed by atoms with van der Waals surface area (Å²) in [7, 11) is 1.98. The summed E-state index contributed by atoms with van der Waals surface area (Å²) < 4.78 is 3.91. The van der Waals surface area contributed by atoms with E-state index in [0.717, 1.165) is 35.7 Å². The molecule has 4 rings (SSSR count). The third kappa shape index (κ3) is 2.97. The molecule has 0 aliphatic carbocycles. The molecular formula is C19H20ClN5O. The second-order valence-corrected chi connectivity index (χ2v) is 6.94. The minimum atomic E-state index is -0.199. The molecule has 3 aromatic rings. The molecule has 0 radical (unpaired) electrons. The van der Waals surface area contributed by atoms with E-state index in [0.29, 0.717) is 17.3 Å². The number of hydrogen-bond acceptors (Lipinski definition) is 2. The number of rotatable bonds is 2. The van der Waals surface area contributed by atoms with Gasteiger partial charge < -0.3 is 9.88 Å². The Morgan fingerprint density at radius 1 is 1.23 bits per heavy atom. The van der Waals surface area contributed by atoms with Gasteiger partial charge in [0.1, 0.15) is 11.5 Å². The fraction of sp³-hybridized carbons (Fsp3) is 0.263. The Morgan fingerprint density at radius 3 is 2.81 bits per heavy atom. The molecule has 0 saturated heterocycles. The Labute approximate surface area is 157 Å². The zero-order chi connectivity index (χ0) is 18.3. The number of amides is 2. The van der Waals surface area contributed by atoms with E-state index in [4.69, 9.17) is 11.6 Å². The van der Waals surface area contributed by atoms with E-state index in [-0.39, 0.29) is 6.03 Å². The van der Waals surface area contributed by atoms with Crippen LogP contribution in [-0.2, 0) is 13.6 Å². The summed E-state index contributed by atoms with van der Waals surface area (Å²) in [6.45, 7) is 3.41. The number of anilines is 2. The van der Waals surface area contributed by atoms with Crippen LogP contribution in [0.2, 0.25) is 5.02 Å². The van der Waals surface area contributed by atoms with Crippen LogP contribution in [0.5, 0.6) is 0 Å².